The van der Waals surface area contributed by atoms with Crippen LogP contribution in [0.4, 0.5) is 5.69 Å². The van der Waals surface area contributed by atoms with Crippen molar-refractivity contribution >= 4 is 21.4 Å². The number of sulfone groups is 1. The molecule has 0 aliphatic carbocycles. The van der Waals surface area contributed by atoms with Gasteiger partial charge in [-0.3, -0.25) is 9.78 Å². The molecule has 7 heteroatoms. The number of rotatable bonds is 4. The van der Waals surface area contributed by atoms with Crippen LogP contribution in [-0.2, 0) is 9.84 Å². The zero-order valence-corrected chi connectivity index (χ0v) is 13.1. The number of pyridine rings is 1. The van der Waals surface area contributed by atoms with E-state index in [4.69, 9.17) is 5.73 Å². The molecule has 2 aromatic rings. The van der Waals surface area contributed by atoms with Crippen molar-refractivity contribution in [3.8, 4) is 0 Å². The first-order chi connectivity index (χ1) is 10.3. The van der Waals surface area contributed by atoms with Gasteiger partial charge in [0.25, 0.3) is 5.91 Å². The summed E-state index contributed by atoms with van der Waals surface area (Å²) in [5.74, 6) is -0.396. The van der Waals surface area contributed by atoms with Gasteiger partial charge in [0.15, 0.2) is 9.84 Å². The standard InChI is InChI=1S/C15H17N3O3S/c1-10(16)13-4-3-11(9-14(13)22(2,20)21)15(19)18-12-5-7-17-8-6-12/h3-10H,16H2,1-2H3,(H,17,18,19). The molecular formula is C15H17N3O3S. The number of benzene rings is 1. The van der Waals surface area contributed by atoms with Gasteiger partial charge in [0.2, 0.25) is 0 Å². The lowest BCUT2D eigenvalue weighted by Gasteiger charge is -2.13. The van der Waals surface area contributed by atoms with Crippen LogP contribution in [0.2, 0.25) is 0 Å². The lowest BCUT2D eigenvalue weighted by Crippen LogP contribution is -2.16. The van der Waals surface area contributed by atoms with E-state index in [0.29, 0.717) is 11.3 Å². The topological polar surface area (TPSA) is 102 Å². The highest BCUT2D eigenvalue weighted by Gasteiger charge is 2.18. The molecule has 0 saturated heterocycles. The molecule has 0 saturated carbocycles. The molecule has 0 radical (unpaired) electrons. The number of carbonyl (C=O) groups excluding carboxylic acids is 1. The summed E-state index contributed by atoms with van der Waals surface area (Å²) in [6.45, 7) is 1.70. The molecule has 6 nitrogen and oxygen atoms in total. The first-order valence-electron chi connectivity index (χ1n) is 6.60. The Hall–Kier alpha value is -2.25. The molecule has 0 aliphatic heterocycles. The molecule has 22 heavy (non-hydrogen) atoms. The van der Waals surface area contributed by atoms with E-state index in [0.717, 1.165) is 6.26 Å². The maximum absolute atomic E-state index is 12.2. The predicted octanol–water partition coefficient (Wildman–Crippen LogP) is 1.76. The number of carbonyl (C=O) groups is 1. The maximum atomic E-state index is 12.2. The van der Waals surface area contributed by atoms with Crippen molar-refractivity contribution < 1.29 is 13.2 Å². The van der Waals surface area contributed by atoms with E-state index in [-0.39, 0.29) is 10.5 Å². The average Bonchev–Trinajstić information content (AvgIpc) is 2.46. The molecule has 1 amide bonds. The van der Waals surface area contributed by atoms with Crippen molar-refractivity contribution in [3.63, 3.8) is 0 Å². The fraction of sp³-hybridized carbons (Fsp3) is 0.200. The Morgan fingerprint density at radius 2 is 1.86 bits per heavy atom. The summed E-state index contributed by atoms with van der Waals surface area (Å²) >= 11 is 0. The normalized spacial score (nSPS) is 12.7. The second kappa shape index (κ2) is 6.25. The van der Waals surface area contributed by atoms with Crippen LogP contribution in [-0.4, -0.2) is 25.6 Å². The number of anilines is 1. The number of aromatic nitrogens is 1. The summed E-state index contributed by atoms with van der Waals surface area (Å²) in [4.78, 5) is 16.1. The van der Waals surface area contributed by atoms with Crippen molar-refractivity contribution in [3.05, 3.63) is 53.9 Å². The lowest BCUT2D eigenvalue weighted by atomic mass is 10.1. The highest BCUT2D eigenvalue weighted by atomic mass is 32.2. The minimum absolute atomic E-state index is 0.0740. The van der Waals surface area contributed by atoms with E-state index in [1.165, 1.54) is 6.07 Å². The average molecular weight is 319 g/mol. The van der Waals surface area contributed by atoms with Crippen LogP contribution in [0.1, 0.15) is 28.9 Å². The Balaban J connectivity index is 2.39. The van der Waals surface area contributed by atoms with Gasteiger partial charge in [0.1, 0.15) is 0 Å². The SMILES string of the molecule is CC(N)c1ccc(C(=O)Nc2ccncc2)cc1S(C)(=O)=O. The predicted molar refractivity (Wildman–Crippen MR) is 84.3 cm³/mol. The lowest BCUT2D eigenvalue weighted by molar-refractivity contribution is 0.102. The van der Waals surface area contributed by atoms with Gasteiger partial charge >= 0.3 is 0 Å². The Labute approximate surface area is 129 Å². The maximum Gasteiger partial charge on any atom is 0.255 e. The van der Waals surface area contributed by atoms with Gasteiger partial charge in [-0.1, -0.05) is 6.07 Å². The van der Waals surface area contributed by atoms with Crippen molar-refractivity contribution in [2.45, 2.75) is 17.9 Å². The van der Waals surface area contributed by atoms with Crippen molar-refractivity contribution in [2.75, 3.05) is 11.6 Å². The molecule has 1 atom stereocenters. The van der Waals surface area contributed by atoms with Gasteiger partial charge in [-0.15, -0.1) is 0 Å². The molecule has 1 unspecified atom stereocenters. The van der Waals surface area contributed by atoms with E-state index in [1.807, 2.05) is 0 Å². The smallest absolute Gasteiger partial charge is 0.255 e. The van der Waals surface area contributed by atoms with Gasteiger partial charge in [-0.05, 0) is 36.8 Å². The molecule has 0 aliphatic rings. The summed E-state index contributed by atoms with van der Waals surface area (Å²) in [6, 6.07) is 7.33. The minimum atomic E-state index is -3.48. The molecule has 1 aromatic carbocycles. The Morgan fingerprint density at radius 3 is 2.41 bits per heavy atom. The molecule has 0 fully saturated rings. The highest BCUT2D eigenvalue weighted by molar-refractivity contribution is 7.90. The first-order valence-corrected chi connectivity index (χ1v) is 8.49. The van der Waals surface area contributed by atoms with Gasteiger partial charge in [-0.2, -0.15) is 0 Å². The van der Waals surface area contributed by atoms with E-state index in [2.05, 4.69) is 10.3 Å². The highest BCUT2D eigenvalue weighted by Crippen LogP contribution is 2.23. The zero-order valence-electron chi connectivity index (χ0n) is 12.3. The monoisotopic (exact) mass is 319 g/mol. The second-order valence-electron chi connectivity index (χ2n) is 5.00. The number of nitrogens with two attached hydrogens (primary N) is 1. The van der Waals surface area contributed by atoms with Crippen LogP contribution >= 0.6 is 0 Å². The van der Waals surface area contributed by atoms with E-state index < -0.39 is 21.8 Å². The van der Waals surface area contributed by atoms with Crippen molar-refractivity contribution in [1.29, 1.82) is 0 Å². The molecule has 0 bridgehead atoms. The van der Waals surface area contributed by atoms with E-state index in [9.17, 15) is 13.2 Å². The molecule has 0 spiro atoms. The van der Waals surface area contributed by atoms with Crippen molar-refractivity contribution in [2.24, 2.45) is 5.73 Å². The third kappa shape index (κ3) is 3.69. The fourth-order valence-electron chi connectivity index (χ4n) is 2.01. The van der Waals surface area contributed by atoms with Crippen LogP contribution in [0.3, 0.4) is 0 Å². The first kappa shape index (κ1) is 16.1. The van der Waals surface area contributed by atoms with Gasteiger partial charge in [-0.25, -0.2) is 8.42 Å². The number of nitrogens with one attached hydrogen (secondary N) is 1. The number of hydrogen-bond donors (Lipinski definition) is 2. The quantitative estimate of drug-likeness (QED) is 0.894. The fourth-order valence-corrected chi connectivity index (χ4v) is 3.03. The van der Waals surface area contributed by atoms with Gasteiger partial charge < -0.3 is 11.1 Å². The Morgan fingerprint density at radius 1 is 1.23 bits per heavy atom. The van der Waals surface area contributed by atoms with Gasteiger partial charge in [0, 0.05) is 35.9 Å². The molecule has 1 heterocycles. The number of nitrogens with zero attached hydrogens (tertiary/aromatic N) is 1. The number of amides is 1. The largest absolute Gasteiger partial charge is 0.324 e. The minimum Gasteiger partial charge on any atom is -0.324 e. The molecule has 1 aromatic heterocycles. The number of hydrogen-bond acceptors (Lipinski definition) is 5. The summed E-state index contributed by atoms with van der Waals surface area (Å²) in [7, 11) is -3.48. The summed E-state index contributed by atoms with van der Waals surface area (Å²) in [5.41, 5.74) is 7.11. The van der Waals surface area contributed by atoms with Crippen LogP contribution in [0.5, 0.6) is 0 Å². The third-order valence-corrected chi connectivity index (χ3v) is 4.26. The van der Waals surface area contributed by atoms with Crippen LogP contribution in [0, 0.1) is 0 Å². The molecule has 116 valence electrons. The van der Waals surface area contributed by atoms with E-state index >= 15 is 0 Å². The Bertz CT molecular complexity index is 787. The van der Waals surface area contributed by atoms with Gasteiger partial charge in [0.05, 0.1) is 4.90 Å². The third-order valence-electron chi connectivity index (χ3n) is 3.10. The zero-order chi connectivity index (χ0) is 16.3. The Kier molecular flexibility index (Phi) is 4.58. The molecule has 3 N–H and O–H groups in total. The molecule has 2 rings (SSSR count). The summed E-state index contributed by atoms with van der Waals surface area (Å²) in [5, 5.41) is 2.68. The molecular weight excluding hydrogens is 302 g/mol. The van der Waals surface area contributed by atoms with E-state index in [1.54, 1.807) is 43.6 Å². The van der Waals surface area contributed by atoms with Crippen molar-refractivity contribution in [1.82, 2.24) is 4.98 Å². The van der Waals surface area contributed by atoms with Crippen LogP contribution in [0.15, 0.2) is 47.6 Å². The summed E-state index contributed by atoms with van der Waals surface area (Å²) < 4.78 is 23.8. The van der Waals surface area contributed by atoms with Crippen LogP contribution < -0.4 is 11.1 Å². The summed E-state index contributed by atoms with van der Waals surface area (Å²) in [6.07, 6.45) is 4.20. The second-order valence-corrected chi connectivity index (χ2v) is 6.99. The van der Waals surface area contributed by atoms with Crippen LogP contribution in [0.25, 0.3) is 0 Å².